The van der Waals surface area contributed by atoms with E-state index < -0.39 is 0 Å². The van der Waals surface area contributed by atoms with Gasteiger partial charge < -0.3 is 20.0 Å². The minimum Gasteiger partial charge on any atom is -0.459 e. The summed E-state index contributed by atoms with van der Waals surface area (Å²) in [5.74, 6) is 2.44. The number of benzene rings is 1. The topological polar surface area (TPSA) is 69.9 Å². The van der Waals surface area contributed by atoms with E-state index >= 15 is 0 Å². The van der Waals surface area contributed by atoms with Crippen LogP contribution in [-0.4, -0.2) is 43.4 Å². The molecule has 3 rings (SSSR count). The zero-order chi connectivity index (χ0) is 19.2. The lowest BCUT2D eigenvalue weighted by Crippen LogP contribution is -2.46. The zero-order valence-electron chi connectivity index (χ0n) is 16.5. The number of para-hydroxylation sites is 1. The number of likely N-dealkylation sites (tertiary alicyclic amines) is 1. The van der Waals surface area contributed by atoms with Gasteiger partial charge in [-0.05, 0) is 38.7 Å². The van der Waals surface area contributed by atoms with Crippen LogP contribution >= 0.6 is 0 Å². The number of nitrogens with one attached hydrogen (secondary N) is 2. The van der Waals surface area contributed by atoms with Crippen LogP contribution in [0.4, 0.5) is 0 Å². The number of aliphatic imine (C=N–C) groups is 1. The van der Waals surface area contributed by atoms with Crippen LogP contribution in [-0.2, 0) is 11.3 Å². The average molecular weight is 370 g/mol. The molecule has 146 valence electrons. The molecule has 0 atom stereocenters. The van der Waals surface area contributed by atoms with E-state index in [9.17, 15) is 4.79 Å². The molecule has 1 amide bonds. The average Bonchev–Trinajstić information content (AvgIpc) is 3.02. The molecule has 0 unspecified atom stereocenters. The molecule has 6 heteroatoms. The first-order valence-electron chi connectivity index (χ1n) is 9.83. The normalized spacial score (nSPS) is 16.0. The van der Waals surface area contributed by atoms with Crippen molar-refractivity contribution in [2.45, 2.75) is 39.7 Å². The molecule has 27 heavy (non-hydrogen) atoms. The number of aryl methyl sites for hydroxylation is 1. The first kappa shape index (κ1) is 19.3. The number of carbonyl (C=O) groups excluding carboxylic acids is 1. The maximum atomic E-state index is 11.6. The molecule has 2 aromatic rings. The number of piperidine rings is 1. The minimum atomic E-state index is 0.134. The van der Waals surface area contributed by atoms with Crippen LogP contribution in [0, 0.1) is 12.8 Å². The van der Waals surface area contributed by atoms with E-state index in [1.54, 1.807) is 7.05 Å². The van der Waals surface area contributed by atoms with Crippen LogP contribution in [0.15, 0.2) is 33.7 Å². The third-order valence-corrected chi connectivity index (χ3v) is 5.32. The fourth-order valence-corrected chi connectivity index (χ4v) is 3.66. The third kappa shape index (κ3) is 4.62. The van der Waals surface area contributed by atoms with Gasteiger partial charge in [-0.15, -0.1) is 0 Å². The Morgan fingerprint density at radius 3 is 2.70 bits per heavy atom. The molecular formula is C21H30N4O2. The summed E-state index contributed by atoms with van der Waals surface area (Å²) in [7, 11) is 1.70. The van der Waals surface area contributed by atoms with Gasteiger partial charge in [0.2, 0.25) is 5.91 Å². The lowest BCUT2D eigenvalue weighted by atomic mass is 9.93. The number of hydrogen-bond donors (Lipinski definition) is 2. The maximum Gasteiger partial charge on any atom is 0.220 e. The van der Waals surface area contributed by atoms with Gasteiger partial charge >= 0.3 is 0 Å². The lowest BCUT2D eigenvalue weighted by Gasteiger charge is -2.34. The van der Waals surface area contributed by atoms with Crippen LogP contribution in [0.25, 0.3) is 11.0 Å². The summed E-state index contributed by atoms with van der Waals surface area (Å²) >= 11 is 0. The van der Waals surface area contributed by atoms with E-state index in [0.717, 1.165) is 60.7 Å². The molecule has 2 heterocycles. The van der Waals surface area contributed by atoms with Gasteiger partial charge in [-0.3, -0.25) is 4.79 Å². The number of furan rings is 1. The summed E-state index contributed by atoms with van der Waals surface area (Å²) in [6, 6.07) is 8.11. The van der Waals surface area contributed by atoms with Crippen molar-refractivity contribution in [2.24, 2.45) is 10.9 Å². The van der Waals surface area contributed by atoms with Crippen molar-refractivity contribution in [3.05, 3.63) is 35.6 Å². The molecule has 0 aliphatic carbocycles. The molecule has 1 aliphatic rings. The molecule has 1 aromatic carbocycles. The monoisotopic (exact) mass is 370 g/mol. The van der Waals surface area contributed by atoms with Gasteiger partial charge in [0.15, 0.2) is 5.96 Å². The molecule has 1 aromatic heterocycles. The standard InChI is InChI=1S/C21H30N4O2/c1-4-23-21(25-11-9-16(10-12-25)13-20(26)22-3)24-14-19-15(2)17-7-5-6-8-18(17)27-19/h5-8,16H,4,9-14H2,1-3H3,(H,22,26)(H,23,24). The number of carbonyl (C=O) groups is 1. The maximum absolute atomic E-state index is 11.6. The van der Waals surface area contributed by atoms with Crippen LogP contribution in [0.1, 0.15) is 37.5 Å². The van der Waals surface area contributed by atoms with Crippen LogP contribution in [0.5, 0.6) is 0 Å². The van der Waals surface area contributed by atoms with Gasteiger partial charge in [0, 0.05) is 44.1 Å². The summed E-state index contributed by atoms with van der Waals surface area (Å²) in [4.78, 5) is 18.7. The summed E-state index contributed by atoms with van der Waals surface area (Å²) < 4.78 is 5.99. The van der Waals surface area contributed by atoms with E-state index in [1.165, 1.54) is 0 Å². The fraction of sp³-hybridized carbons (Fsp3) is 0.524. The van der Waals surface area contributed by atoms with E-state index in [1.807, 2.05) is 18.2 Å². The minimum absolute atomic E-state index is 0.134. The lowest BCUT2D eigenvalue weighted by molar-refractivity contribution is -0.121. The Morgan fingerprint density at radius 1 is 1.30 bits per heavy atom. The summed E-state index contributed by atoms with van der Waals surface area (Å²) in [5.41, 5.74) is 2.08. The van der Waals surface area contributed by atoms with Crippen molar-refractivity contribution in [1.29, 1.82) is 0 Å². The largest absolute Gasteiger partial charge is 0.459 e. The molecule has 1 fully saturated rings. The van der Waals surface area contributed by atoms with Gasteiger partial charge in [0.25, 0.3) is 0 Å². The molecule has 0 spiro atoms. The molecule has 2 N–H and O–H groups in total. The van der Waals surface area contributed by atoms with Crippen molar-refractivity contribution < 1.29 is 9.21 Å². The number of guanidine groups is 1. The molecule has 1 aliphatic heterocycles. The Hall–Kier alpha value is -2.50. The van der Waals surface area contributed by atoms with Crippen molar-refractivity contribution >= 4 is 22.8 Å². The molecule has 0 saturated carbocycles. The van der Waals surface area contributed by atoms with E-state index in [4.69, 9.17) is 9.41 Å². The predicted molar refractivity (Wildman–Crippen MR) is 109 cm³/mol. The number of amides is 1. The highest BCUT2D eigenvalue weighted by Gasteiger charge is 2.23. The Morgan fingerprint density at radius 2 is 2.04 bits per heavy atom. The van der Waals surface area contributed by atoms with Gasteiger partial charge in [0.1, 0.15) is 17.9 Å². The predicted octanol–water partition coefficient (Wildman–Crippen LogP) is 3.05. The molecule has 6 nitrogen and oxygen atoms in total. The van der Waals surface area contributed by atoms with Gasteiger partial charge in [-0.2, -0.15) is 0 Å². The van der Waals surface area contributed by atoms with Crippen LogP contribution in [0.2, 0.25) is 0 Å². The second-order valence-electron chi connectivity index (χ2n) is 7.12. The second-order valence-corrected chi connectivity index (χ2v) is 7.12. The SMILES string of the molecule is CCNC(=NCc1oc2ccccc2c1C)N1CCC(CC(=O)NC)CC1. The van der Waals surface area contributed by atoms with Crippen molar-refractivity contribution in [3.63, 3.8) is 0 Å². The smallest absolute Gasteiger partial charge is 0.220 e. The first-order chi connectivity index (χ1) is 13.1. The van der Waals surface area contributed by atoms with Crippen LogP contribution < -0.4 is 10.6 Å². The Kier molecular flexibility index (Phi) is 6.37. The summed E-state index contributed by atoms with van der Waals surface area (Å²) in [6.45, 7) is 7.38. The third-order valence-electron chi connectivity index (χ3n) is 5.32. The van der Waals surface area contributed by atoms with Crippen LogP contribution in [0.3, 0.4) is 0 Å². The number of hydrogen-bond acceptors (Lipinski definition) is 3. The highest BCUT2D eigenvalue weighted by molar-refractivity contribution is 5.82. The van der Waals surface area contributed by atoms with Crippen molar-refractivity contribution in [2.75, 3.05) is 26.7 Å². The highest BCUT2D eigenvalue weighted by Crippen LogP contribution is 2.26. The molecular weight excluding hydrogens is 340 g/mol. The zero-order valence-corrected chi connectivity index (χ0v) is 16.5. The van der Waals surface area contributed by atoms with Gasteiger partial charge in [-0.25, -0.2) is 4.99 Å². The summed E-state index contributed by atoms with van der Waals surface area (Å²) in [5, 5.41) is 7.28. The van der Waals surface area contributed by atoms with E-state index in [-0.39, 0.29) is 5.91 Å². The van der Waals surface area contributed by atoms with Crippen molar-refractivity contribution in [3.8, 4) is 0 Å². The van der Waals surface area contributed by atoms with Gasteiger partial charge in [0.05, 0.1) is 0 Å². The molecule has 0 radical (unpaired) electrons. The second kappa shape index (κ2) is 8.93. The van der Waals surface area contributed by atoms with E-state index in [2.05, 4.69) is 35.4 Å². The quantitative estimate of drug-likeness (QED) is 0.627. The van der Waals surface area contributed by atoms with Crippen molar-refractivity contribution in [1.82, 2.24) is 15.5 Å². The fourth-order valence-electron chi connectivity index (χ4n) is 3.66. The Labute approximate surface area is 161 Å². The number of nitrogens with zero attached hydrogens (tertiary/aromatic N) is 2. The van der Waals surface area contributed by atoms with E-state index in [0.29, 0.717) is 18.9 Å². The number of fused-ring (bicyclic) bond motifs is 1. The summed E-state index contributed by atoms with van der Waals surface area (Å²) in [6.07, 6.45) is 2.65. The molecule has 0 bridgehead atoms. The highest BCUT2D eigenvalue weighted by atomic mass is 16.3. The molecule has 1 saturated heterocycles. The number of rotatable bonds is 5. The first-order valence-corrected chi connectivity index (χ1v) is 9.83. The Balaban J connectivity index is 1.66. The van der Waals surface area contributed by atoms with Gasteiger partial charge in [-0.1, -0.05) is 18.2 Å². The Bertz CT molecular complexity index is 804.